The van der Waals surface area contributed by atoms with E-state index in [9.17, 15) is 24.6 Å². The number of aromatic nitrogens is 4. The van der Waals surface area contributed by atoms with Crippen molar-refractivity contribution in [1.29, 1.82) is 0 Å². The number of aliphatic hydroxyl groups is 2. The first-order chi connectivity index (χ1) is 26.5. The number of anilines is 2. The number of amides is 1. The van der Waals surface area contributed by atoms with Crippen LogP contribution in [0.15, 0.2) is 19.0 Å². The summed E-state index contributed by atoms with van der Waals surface area (Å²) in [4.78, 5) is 63.0. The summed E-state index contributed by atoms with van der Waals surface area (Å²) in [6.07, 6.45) is 6.33. The van der Waals surface area contributed by atoms with Crippen LogP contribution in [0.3, 0.4) is 0 Å². The number of carbonyl (C=O) groups excluding carboxylic acids is 3. The molecule has 8 atom stereocenters. The minimum absolute atomic E-state index is 0.0126. The van der Waals surface area contributed by atoms with Crippen LogP contribution in [0.2, 0.25) is 0 Å². The molecule has 2 aliphatic heterocycles. The number of nitrogens with zero attached hydrogens (tertiary/aromatic N) is 8. The Hall–Kier alpha value is -3.66. The van der Waals surface area contributed by atoms with E-state index in [1.54, 1.807) is 12.4 Å². The molecule has 5 fully saturated rings. The van der Waals surface area contributed by atoms with E-state index < -0.39 is 45.9 Å². The first-order valence-corrected chi connectivity index (χ1v) is 20.6. The zero-order valence-electron chi connectivity index (χ0n) is 34.2. The third kappa shape index (κ3) is 6.69. The summed E-state index contributed by atoms with van der Waals surface area (Å²) in [7, 11) is 4.22. The lowest BCUT2D eigenvalue weighted by Gasteiger charge is -2.64. The normalized spacial score (nSPS) is 35.7. The second kappa shape index (κ2) is 14.9. The zero-order chi connectivity index (χ0) is 40.4. The topological polar surface area (TPSA) is 183 Å². The summed E-state index contributed by atoms with van der Waals surface area (Å²) in [5.41, 5.74) is 4.05. The molecule has 2 aromatic heterocycles. The summed E-state index contributed by atoms with van der Waals surface area (Å²) in [5, 5.41) is 23.7. The Balaban J connectivity index is 0.957. The number of ether oxygens (including phenoxy) is 1. The van der Waals surface area contributed by atoms with Gasteiger partial charge in [-0.05, 0) is 70.9 Å². The minimum Gasteiger partial charge on any atom is -0.458 e. The molecule has 5 aliphatic rings. The van der Waals surface area contributed by atoms with Gasteiger partial charge in [0.2, 0.25) is 11.9 Å². The van der Waals surface area contributed by atoms with Crippen molar-refractivity contribution in [2.75, 3.05) is 70.5 Å². The monoisotopic (exact) mass is 777 g/mol. The molecule has 0 radical (unpaired) electrons. The van der Waals surface area contributed by atoms with E-state index in [2.05, 4.69) is 45.4 Å². The molecule has 2 bridgehead atoms. The zero-order valence-corrected chi connectivity index (χ0v) is 34.2. The summed E-state index contributed by atoms with van der Waals surface area (Å²) < 4.78 is 8.29. The number of rotatable bonds is 9. The van der Waals surface area contributed by atoms with Crippen LogP contribution in [0.4, 0.5) is 11.8 Å². The van der Waals surface area contributed by atoms with Crippen LogP contribution >= 0.6 is 0 Å². The number of imidazole rings is 1. The molecule has 2 aromatic rings. The maximum absolute atomic E-state index is 13.8. The highest BCUT2D eigenvalue weighted by molar-refractivity contribution is 5.86. The van der Waals surface area contributed by atoms with E-state index >= 15 is 0 Å². The first-order valence-electron chi connectivity index (χ1n) is 20.6. The van der Waals surface area contributed by atoms with Crippen LogP contribution in [0, 0.1) is 28.1 Å². The molecule has 3 aliphatic carbocycles. The van der Waals surface area contributed by atoms with Crippen molar-refractivity contribution in [3.05, 3.63) is 19.0 Å². The van der Waals surface area contributed by atoms with Crippen LogP contribution in [-0.2, 0) is 25.7 Å². The van der Waals surface area contributed by atoms with Gasteiger partial charge in [-0.15, -0.1) is 6.58 Å². The van der Waals surface area contributed by atoms with E-state index in [0.29, 0.717) is 75.6 Å². The van der Waals surface area contributed by atoms with E-state index in [1.165, 1.54) is 0 Å². The van der Waals surface area contributed by atoms with Gasteiger partial charge in [-0.25, -0.2) is 4.98 Å². The second-order valence-corrected chi connectivity index (χ2v) is 18.4. The number of ketones is 1. The van der Waals surface area contributed by atoms with Crippen molar-refractivity contribution in [2.45, 2.75) is 109 Å². The van der Waals surface area contributed by atoms with E-state index in [0.717, 1.165) is 31.7 Å². The predicted octanol–water partition coefficient (Wildman–Crippen LogP) is 2.49. The number of fused-ring (bicyclic) bond motifs is 1. The molecular weight excluding hydrogens is 715 g/mol. The van der Waals surface area contributed by atoms with Crippen molar-refractivity contribution >= 4 is 40.6 Å². The van der Waals surface area contributed by atoms with Gasteiger partial charge in [0.15, 0.2) is 17.0 Å². The van der Waals surface area contributed by atoms with Gasteiger partial charge >= 0.3 is 5.97 Å². The Morgan fingerprint density at radius 3 is 2.41 bits per heavy atom. The van der Waals surface area contributed by atoms with Crippen LogP contribution in [0.1, 0.15) is 79.1 Å². The van der Waals surface area contributed by atoms with Crippen LogP contribution < -0.4 is 10.6 Å². The Labute approximate surface area is 330 Å². The largest absolute Gasteiger partial charge is 0.458 e. The van der Waals surface area contributed by atoms with Crippen molar-refractivity contribution < 1.29 is 29.3 Å². The second-order valence-electron chi connectivity index (χ2n) is 18.4. The summed E-state index contributed by atoms with van der Waals surface area (Å²) in [6.45, 7) is 15.9. The fraction of sp³-hybridized carbons (Fsp3) is 0.756. The molecule has 15 heteroatoms. The molecule has 308 valence electrons. The first kappa shape index (κ1) is 40.5. The van der Waals surface area contributed by atoms with Gasteiger partial charge in [-0.2, -0.15) is 9.97 Å². The molecule has 56 heavy (non-hydrogen) atoms. The van der Waals surface area contributed by atoms with E-state index in [-0.39, 0.29) is 42.9 Å². The van der Waals surface area contributed by atoms with Crippen LogP contribution in [-0.4, -0.2) is 146 Å². The highest BCUT2D eigenvalue weighted by Gasteiger charge is 2.72. The molecule has 0 aromatic carbocycles. The van der Waals surface area contributed by atoms with Crippen LogP contribution in [0.25, 0.3) is 11.2 Å². The third-order valence-corrected chi connectivity index (χ3v) is 15.3. The lowest BCUT2D eigenvalue weighted by molar-refractivity contribution is -0.252. The third-order valence-electron chi connectivity index (χ3n) is 15.3. The predicted molar refractivity (Wildman–Crippen MR) is 212 cm³/mol. The Kier molecular flexibility index (Phi) is 10.8. The summed E-state index contributed by atoms with van der Waals surface area (Å²) >= 11 is 0. The van der Waals surface area contributed by atoms with Gasteiger partial charge < -0.3 is 40.0 Å². The van der Waals surface area contributed by atoms with Crippen molar-refractivity contribution in [3.8, 4) is 0 Å². The molecule has 8 unspecified atom stereocenters. The molecule has 3 saturated carbocycles. The summed E-state index contributed by atoms with van der Waals surface area (Å²) in [6, 6.07) is 0.530. The van der Waals surface area contributed by atoms with Crippen molar-refractivity contribution in [1.82, 2.24) is 34.2 Å². The van der Waals surface area contributed by atoms with E-state index in [4.69, 9.17) is 10.5 Å². The van der Waals surface area contributed by atoms with Gasteiger partial charge in [0.05, 0.1) is 25.1 Å². The molecular formula is C41H63N9O6. The maximum atomic E-state index is 13.8. The Bertz CT molecular complexity index is 1840. The number of carbonyl (C=O) groups is 3. The lowest BCUT2D eigenvalue weighted by atomic mass is 9.42. The number of nitrogen functional groups attached to an aromatic ring is 1. The number of aliphatic hydroxyl groups excluding tert-OH is 2. The number of hydrogen-bond acceptors (Lipinski definition) is 13. The molecule has 4 heterocycles. The minimum atomic E-state index is -1.10. The number of piperidine rings is 1. The van der Waals surface area contributed by atoms with Gasteiger partial charge in [0, 0.05) is 81.4 Å². The fourth-order valence-electron chi connectivity index (χ4n) is 11.4. The number of aryl methyl sites for hydroxylation is 1. The Morgan fingerprint density at radius 2 is 1.75 bits per heavy atom. The SMILES string of the molecule is C=CC1(C)CC(O)C2(C)C3C(=O)CCC3(CCC2(C)OC(=O)CN2CCN(C(=O)CCn3cnc4c(N5CCC(N(C)C)CC5)nc(N)nc43)CC2)C(C)C1O. The lowest BCUT2D eigenvalue weighted by Crippen LogP contribution is -2.69. The average Bonchev–Trinajstić information content (AvgIpc) is 3.75. The standard InChI is InChI=1S/C41H63N9O6/c1-8-38(3)23-29(52)40(5)33-28(51)9-13-41(33,26(2)34(38)55)15-14-39(40,4)56-31(54)24-47-19-21-48(22-20-47)30(53)12-18-50-25-43-32-35(44-37(42)45-36(32)50)49-16-10-27(11-17-49)46(6)7/h8,25-27,29,33-34,52,55H,1,9-24H2,2-7H3,(H2,42,44,45). The quantitative estimate of drug-likeness (QED) is 0.250. The van der Waals surface area contributed by atoms with E-state index in [1.807, 2.05) is 42.1 Å². The smallest absolute Gasteiger partial charge is 0.320 e. The molecule has 4 N–H and O–H groups in total. The molecule has 7 rings (SSSR count). The van der Waals surface area contributed by atoms with Crippen molar-refractivity contribution in [3.63, 3.8) is 0 Å². The highest BCUT2D eigenvalue weighted by Crippen LogP contribution is 2.69. The molecule has 15 nitrogen and oxygen atoms in total. The number of hydrogen-bond donors (Lipinski definition) is 3. The maximum Gasteiger partial charge on any atom is 0.320 e. The number of piperazine rings is 1. The van der Waals surface area contributed by atoms with Crippen LogP contribution in [0.5, 0.6) is 0 Å². The molecule has 2 saturated heterocycles. The Morgan fingerprint density at radius 1 is 1.05 bits per heavy atom. The number of esters is 1. The number of Topliss-reactive ketones (excluding diaryl/α,β-unsaturated/α-hetero) is 1. The molecule has 1 amide bonds. The summed E-state index contributed by atoms with van der Waals surface area (Å²) in [5.74, 6) is -0.134. The van der Waals surface area contributed by atoms with Gasteiger partial charge in [-0.1, -0.05) is 26.8 Å². The highest BCUT2D eigenvalue weighted by atomic mass is 16.6. The van der Waals surface area contributed by atoms with Gasteiger partial charge in [0.25, 0.3) is 0 Å². The van der Waals surface area contributed by atoms with Gasteiger partial charge in [0.1, 0.15) is 11.4 Å². The average molecular weight is 778 g/mol. The molecule has 0 spiro atoms. The fourth-order valence-corrected chi connectivity index (χ4v) is 11.4. The van der Waals surface area contributed by atoms with Gasteiger partial charge in [-0.3, -0.25) is 19.3 Å². The van der Waals surface area contributed by atoms with Crippen molar-refractivity contribution in [2.24, 2.45) is 28.1 Å². The number of nitrogens with two attached hydrogens (primary N) is 1.